The van der Waals surface area contributed by atoms with Gasteiger partial charge in [-0.15, -0.1) is 0 Å². The van der Waals surface area contributed by atoms with Crippen LogP contribution in [-0.4, -0.2) is 24.1 Å². The van der Waals surface area contributed by atoms with Gasteiger partial charge in [0, 0.05) is 23.0 Å². The Morgan fingerprint density at radius 2 is 1.86 bits per heavy atom. The van der Waals surface area contributed by atoms with E-state index in [9.17, 15) is 13.2 Å². The molecule has 29 heavy (non-hydrogen) atoms. The molecule has 1 aromatic heterocycles. The van der Waals surface area contributed by atoms with Crippen LogP contribution in [0.25, 0.3) is 11.8 Å². The number of rotatable bonds is 6. The fourth-order valence-corrected chi connectivity index (χ4v) is 3.67. The Morgan fingerprint density at radius 3 is 2.55 bits per heavy atom. The van der Waals surface area contributed by atoms with Gasteiger partial charge in [-0.2, -0.15) is 5.10 Å². The van der Waals surface area contributed by atoms with E-state index >= 15 is 0 Å². The summed E-state index contributed by atoms with van der Waals surface area (Å²) >= 11 is 0. The first kappa shape index (κ1) is 20.5. The Labute approximate surface area is 169 Å². The zero-order valence-corrected chi connectivity index (χ0v) is 17.0. The third-order valence-corrected chi connectivity index (χ3v) is 5.05. The van der Waals surface area contributed by atoms with Gasteiger partial charge in [-0.05, 0) is 49.8 Å². The standard InChI is InChI=1S/C21H22N4O3S/c1-15-20(16(2)25(24-15)19-9-4-3-5-10-19)11-12-21(26)23-18-8-6-7-17(13-18)14-29(22,27)28/h3-13H,14H2,1-2H3,(H,23,26)(H2,22,27,28)/b12-11+. The highest BCUT2D eigenvalue weighted by Gasteiger charge is 2.11. The van der Waals surface area contributed by atoms with Crippen LogP contribution in [0.1, 0.15) is 22.5 Å². The van der Waals surface area contributed by atoms with Gasteiger partial charge in [-0.3, -0.25) is 4.79 Å². The average Bonchev–Trinajstić information content (AvgIpc) is 2.93. The first-order valence-electron chi connectivity index (χ1n) is 8.93. The summed E-state index contributed by atoms with van der Waals surface area (Å²) in [6.07, 6.45) is 3.15. The van der Waals surface area contributed by atoms with E-state index in [2.05, 4.69) is 10.4 Å². The van der Waals surface area contributed by atoms with E-state index in [1.807, 2.05) is 48.9 Å². The number of aromatic nitrogens is 2. The van der Waals surface area contributed by atoms with E-state index in [0.29, 0.717) is 11.3 Å². The number of sulfonamides is 1. The summed E-state index contributed by atoms with van der Waals surface area (Å²) < 4.78 is 24.3. The molecule has 0 atom stereocenters. The molecule has 0 spiro atoms. The molecule has 0 bridgehead atoms. The van der Waals surface area contributed by atoms with E-state index in [0.717, 1.165) is 22.6 Å². The van der Waals surface area contributed by atoms with Crippen LogP contribution < -0.4 is 10.5 Å². The topological polar surface area (TPSA) is 107 Å². The quantitative estimate of drug-likeness (QED) is 0.609. The molecule has 2 aromatic carbocycles. The summed E-state index contributed by atoms with van der Waals surface area (Å²) in [4.78, 5) is 12.3. The molecule has 7 nitrogen and oxygen atoms in total. The van der Waals surface area contributed by atoms with E-state index in [4.69, 9.17) is 5.14 Å². The monoisotopic (exact) mass is 410 g/mol. The molecule has 0 aliphatic carbocycles. The minimum absolute atomic E-state index is 0.288. The number of primary sulfonamides is 1. The highest BCUT2D eigenvalue weighted by molar-refractivity contribution is 7.88. The maximum Gasteiger partial charge on any atom is 0.248 e. The van der Waals surface area contributed by atoms with Gasteiger partial charge in [-0.1, -0.05) is 30.3 Å². The van der Waals surface area contributed by atoms with Crippen molar-refractivity contribution in [2.45, 2.75) is 19.6 Å². The second-order valence-corrected chi connectivity index (χ2v) is 8.28. The molecular weight excluding hydrogens is 388 g/mol. The van der Waals surface area contributed by atoms with Crippen LogP contribution in [0.4, 0.5) is 5.69 Å². The van der Waals surface area contributed by atoms with Crippen LogP contribution in [-0.2, 0) is 20.6 Å². The molecule has 150 valence electrons. The van der Waals surface area contributed by atoms with Crippen molar-refractivity contribution in [2.75, 3.05) is 5.32 Å². The summed E-state index contributed by atoms with van der Waals surface area (Å²) in [6, 6.07) is 16.3. The van der Waals surface area contributed by atoms with E-state index in [1.165, 1.54) is 6.08 Å². The molecule has 3 N–H and O–H groups in total. The molecule has 0 aliphatic rings. The largest absolute Gasteiger partial charge is 0.323 e. The maximum absolute atomic E-state index is 12.3. The Kier molecular flexibility index (Phi) is 5.95. The Balaban J connectivity index is 1.75. The number of hydrogen-bond acceptors (Lipinski definition) is 4. The number of hydrogen-bond donors (Lipinski definition) is 2. The van der Waals surface area contributed by atoms with Crippen LogP contribution in [0.15, 0.2) is 60.7 Å². The van der Waals surface area contributed by atoms with E-state index in [1.54, 1.807) is 30.3 Å². The van der Waals surface area contributed by atoms with Crippen molar-refractivity contribution in [2.24, 2.45) is 5.14 Å². The number of nitrogens with two attached hydrogens (primary N) is 1. The average molecular weight is 410 g/mol. The van der Waals surface area contributed by atoms with Crippen molar-refractivity contribution in [1.82, 2.24) is 9.78 Å². The van der Waals surface area contributed by atoms with Crippen molar-refractivity contribution in [3.05, 3.63) is 83.2 Å². The van der Waals surface area contributed by atoms with Gasteiger partial charge >= 0.3 is 0 Å². The van der Waals surface area contributed by atoms with Crippen molar-refractivity contribution in [3.8, 4) is 5.69 Å². The predicted molar refractivity (Wildman–Crippen MR) is 114 cm³/mol. The molecule has 3 aromatic rings. The van der Waals surface area contributed by atoms with Crippen LogP contribution in [0.5, 0.6) is 0 Å². The Bertz CT molecular complexity index is 1170. The normalized spacial score (nSPS) is 11.7. The summed E-state index contributed by atoms with van der Waals surface area (Å²) in [7, 11) is -3.63. The van der Waals surface area contributed by atoms with Gasteiger partial charge in [0.15, 0.2) is 0 Å². The molecule has 1 amide bonds. The number of para-hydroxylation sites is 1. The first-order valence-corrected chi connectivity index (χ1v) is 10.6. The lowest BCUT2D eigenvalue weighted by Gasteiger charge is -2.05. The molecule has 0 fully saturated rings. The lowest BCUT2D eigenvalue weighted by atomic mass is 10.1. The summed E-state index contributed by atoms with van der Waals surface area (Å²) in [5.41, 5.74) is 4.55. The number of benzene rings is 2. The van der Waals surface area contributed by atoms with Crippen molar-refractivity contribution >= 4 is 27.7 Å². The maximum atomic E-state index is 12.3. The number of carbonyl (C=O) groups excluding carboxylic acids is 1. The smallest absolute Gasteiger partial charge is 0.248 e. The van der Waals surface area contributed by atoms with Crippen molar-refractivity contribution < 1.29 is 13.2 Å². The van der Waals surface area contributed by atoms with Gasteiger partial charge in [0.2, 0.25) is 15.9 Å². The van der Waals surface area contributed by atoms with Gasteiger partial charge < -0.3 is 5.32 Å². The number of aryl methyl sites for hydroxylation is 1. The number of anilines is 1. The Morgan fingerprint density at radius 1 is 1.14 bits per heavy atom. The predicted octanol–water partition coefficient (Wildman–Crippen LogP) is 2.93. The lowest BCUT2D eigenvalue weighted by molar-refractivity contribution is -0.111. The SMILES string of the molecule is Cc1nn(-c2ccccc2)c(C)c1/C=C/C(=O)Nc1cccc(CS(N)(=O)=O)c1. The summed E-state index contributed by atoms with van der Waals surface area (Å²) in [6.45, 7) is 3.84. The third kappa shape index (κ3) is 5.40. The molecule has 0 saturated carbocycles. The molecule has 1 heterocycles. The molecule has 3 rings (SSSR count). The Hall–Kier alpha value is -3.23. The summed E-state index contributed by atoms with van der Waals surface area (Å²) in [5.74, 6) is -0.618. The number of nitrogens with zero attached hydrogens (tertiary/aromatic N) is 2. The molecule has 0 aliphatic heterocycles. The van der Waals surface area contributed by atoms with Crippen molar-refractivity contribution in [1.29, 1.82) is 0 Å². The zero-order chi connectivity index (χ0) is 21.0. The van der Waals surface area contributed by atoms with Gasteiger partial charge in [0.25, 0.3) is 0 Å². The van der Waals surface area contributed by atoms with E-state index < -0.39 is 10.0 Å². The highest BCUT2D eigenvalue weighted by Crippen LogP contribution is 2.19. The first-order chi connectivity index (χ1) is 13.7. The van der Waals surface area contributed by atoms with E-state index in [-0.39, 0.29) is 11.7 Å². The second kappa shape index (κ2) is 8.42. The summed E-state index contributed by atoms with van der Waals surface area (Å²) in [5, 5.41) is 12.3. The number of nitrogens with one attached hydrogen (secondary N) is 1. The van der Waals surface area contributed by atoms with Gasteiger partial charge in [-0.25, -0.2) is 18.2 Å². The third-order valence-electron chi connectivity index (χ3n) is 4.31. The van der Waals surface area contributed by atoms with Gasteiger partial charge in [0.1, 0.15) is 0 Å². The second-order valence-electron chi connectivity index (χ2n) is 6.66. The number of amides is 1. The van der Waals surface area contributed by atoms with Crippen LogP contribution in [0.3, 0.4) is 0 Å². The fraction of sp³-hybridized carbons (Fsp3) is 0.143. The molecule has 8 heteroatoms. The highest BCUT2D eigenvalue weighted by atomic mass is 32.2. The molecule has 0 radical (unpaired) electrons. The van der Waals surface area contributed by atoms with Crippen LogP contribution >= 0.6 is 0 Å². The lowest BCUT2D eigenvalue weighted by Crippen LogP contribution is -2.15. The van der Waals surface area contributed by atoms with Crippen molar-refractivity contribution in [3.63, 3.8) is 0 Å². The minimum atomic E-state index is -3.63. The van der Waals surface area contributed by atoms with Gasteiger partial charge in [0.05, 0.1) is 17.1 Å². The zero-order valence-electron chi connectivity index (χ0n) is 16.2. The molecule has 0 unspecified atom stereocenters. The molecule has 0 saturated heterocycles. The fourth-order valence-electron chi connectivity index (χ4n) is 3.03. The van der Waals surface area contributed by atoms with Crippen LogP contribution in [0, 0.1) is 13.8 Å². The van der Waals surface area contributed by atoms with Crippen LogP contribution in [0.2, 0.25) is 0 Å². The number of carbonyl (C=O) groups is 1. The minimum Gasteiger partial charge on any atom is -0.323 e. The molecular formula is C21H22N4O3S.